The molecule has 0 N–H and O–H groups in total. The van der Waals surface area contributed by atoms with Crippen molar-refractivity contribution in [3.8, 4) is 0 Å². The third kappa shape index (κ3) is 3.43. The van der Waals surface area contributed by atoms with Crippen LogP contribution in [0.15, 0.2) is 0 Å². The lowest BCUT2D eigenvalue weighted by Crippen LogP contribution is -2.24. The van der Waals surface area contributed by atoms with Gasteiger partial charge in [0, 0.05) is 12.5 Å². The summed E-state index contributed by atoms with van der Waals surface area (Å²) < 4.78 is 9.51. The quantitative estimate of drug-likeness (QED) is 0.369. The van der Waals surface area contributed by atoms with E-state index >= 15 is 0 Å². The van der Waals surface area contributed by atoms with Gasteiger partial charge in [0.15, 0.2) is 0 Å². The van der Waals surface area contributed by atoms with Crippen LogP contribution in [0, 0.1) is 5.92 Å². The Kier molecular flexibility index (Phi) is 4.42. The zero-order valence-electron chi connectivity index (χ0n) is 8.65. The van der Waals surface area contributed by atoms with Gasteiger partial charge in [-0.15, -0.1) is 0 Å². The molecule has 1 atom stereocenters. The van der Waals surface area contributed by atoms with Crippen molar-refractivity contribution in [2.75, 3.05) is 19.8 Å². The SMILES string of the molecule is CCOC(=O)C(=O)CC(=O)C1CCOC1. The van der Waals surface area contributed by atoms with Gasteiger partial charge in [0.05, 0.1) is 19.6 Å². The van der Waals surface area contributed by atoms with Crippen LogP contribution in [0.3, 0.4) is 0 Å². The van der Waals surface area contributed by atoms with Gasteiger partial charge in [-0.1, -0.05) is 0 Å². The normalized spacial score (nSPS) is 19.9. The predicted octanol–water partition coefficient (Wildman–Crippen LogP) is 0.114. The second-order valence-electron chi connectivity index (χ2n) is 3.35. The molecule has 0 amide bonds. The van der Waals surface area contributed by atoms with Crippen LogP contribution >= 0.6 is 0 Å². The molecular weight excluding hydrogens is 200 g/mol. The molecule has 5 heteroatoms. The van der Waals surface area contributed by atoms with Crippen LogP contribution in [0.4, 0.5) is 0 Å². The lowest BCUT2D eigenvalue weighted by Gasteiger charge is -2.04. The largest absolute Gasteiger partial charge is 0.460 e. The van der Waals surface area contributed by atoms with Crippen molar-refractivity contribution in [1.29, 1.82) is 0 Å². The summed E-state index contributed by atoms with van der Waals surface area (Å²) >= 11 is 0. The van der Waals surface area contributed by atoms with E-state index < -0.39 is 11.8 Å². The Morgan fingerprint density at radius 1 is 1.40 bits per heavy atom. The average Bonchev–Trinajstić information content (AvgIpc) is 2.70. The van der Waals surface area contributed by atoms with Crippen molar-refractivity contribution >= 4 is 17.5 Å². The van der Waals surface area contributed by atoms with E-state index in [4.69, 9.17) is 4.74 Å². The van der Waals surface area contributed by atoms with Gasteiger partial charge in [0.1, 0.15) is 5.78 Å². The highest BCUT2D eigenvalue weighted by Crippen LogP contribution is 2.15. The fourth-order valence-corrected chi connectivity index (χ4v) is 1.37. The molecule has 0 aromatic rings. The van der Waals surface area contributed by atoms with Crippen molar-refractivity contribution in [3.05, 3.63) is 0 Å². The average molecular weight is 214 g/mol. The molecule has 0 aliphatic carbocycles. The van der Waals surface area contributed by atoms with E-state index in [1.54, 1.807) is 6.92 Å². The highest BCUT2D eigenvalue weighted by atomic mass is 16.5. The Bertz CT molecular complexity index is 265. The molecular formula is C10H14O5. The van der Waals surface area contributed by atoms with E-state index in [1.807, 2.05) is 0 Å². The van der Waals surface area contributed by atoms with Gasteiger partial charge in [-0.3, -0.25) is 9.59 Å². The molecule has 1 unspecified atom stereocenters. The van der Waals surface area contributed by atoms with E-state index in [9.17, 15) is 14.4 Å². The van der Waals surface area contributed by atoms with Gasteiger partial charge in [0.2, 0.25) is 5.78 Å². The van der Waals surface area contributed by atoms with Crippen LogP contribution in [-0.2, 0) is 23.9 Å². The number of ketones is 2. The highest BCUT2D eigenvalue weighted by molar-refractivity contribution is 6.37. The zero-order chi connectivity index (χ0) is 11.3. The van der Waals surface area contributed by atoms with E-state index in [-0.39, 0.29) is 24.7 Å². The Morgan fingerprint density at radius 2 is 2.13 bits per heavy atom. The molecule has 0 radical (unpaired) electrons. The summed E-state index contributed by atoms with van der Waals surface area (Å²) in [5.41, 5.74) is 0. The van der Waals surface area contributed by atoms with Gasteiger partial charge in [-0.25, -0.2) is 4.79 Å². The monoisotopic (exact) mass is 214 g/mol. The van der Waals surface area contributed by atoms with Crippen molar-refractivity contribution in [1.82, 2.24) is 0 Å². The number of hydrogen-bond acceptors (Lipinski definition) is 5. The van der Waals surface area contributed by atoms with Crippen LogP contribution in [0.1, 0.15) is 19.8 Å². The molecule has 84 valence electrons. The molecule has 1 rings (SSSR count). The lowest BCUT2D eigenvalue weighted by atomic mass is 9.99. The minimum atomic E-state index is -0.926. The third-order valence-corrected chi connectivity index (χ3v) is 2.22. The number of esters is 1. The second kappa shape index (κ2) is 5.60. The van der Waals surface area contributed by atoms with Gasteiger partial charge in [-0.05, 0) is 13.3 Å². The first-order chi connectivity index (χ1) is 7.15. The first kappa shape index (κ1) is 11.8. The Morgan fingerprint density at radius 3 is 2.67 bits per heavy atom. The van der Waals surface area contributed by atoms with Crippen molar-refractivity contribution in [2.24, 2.45) is 5.92 Å². The topological polar surface area (TPSA) is 69.7 Å². The smallest absolute Gasteiger partial charge is 0.375 e. The van der Waals surface area contributed by atoms with Crippen LogP contribution in [0.25, 0.3) is 0 Å². The minimum Gasteiger partial charge on any atom is -0.460 e. The molecule has 1 heterocycles. The van der Waals surface area contributed by atoms with Crippen molar-refractivity contribution in [2.45, 2.75) is 19.8 Å². The summed E-state index contributed by atoms with van der Waals surface area (Å²) in [6.07, 6.45) is 0.266. The maximum atomic E-state index is 11.5. The fourth-order valence-electron chi connectivity index (χ4n) is 1.37. The molecule has 0 aromatic heterocycles. The molecule has 0 aromatic carbocycles. The lowest BCUT2D eigenvalue weighted by molar-refractivity contribution is -0.154. The maximum Gasteiger partial charge on any atom is 0.375 e. The molecule has 0 saturated carbocycles. The molecule has 1 fully saturated rings. The van der Waals surface area contributed by atoms with E-state index in [1.165, 1.54) is 0 Å². The van der Waals surface area contributed by atoms with Gasteiger partial charge >= 0.3 is 5.97 Å². The summed E-state index contributed by atoms with van der Waals surface area (Å²) in [6.45, 7) is 2.65. The maximum absolute atomic E-state index is 11.5. The number of Topliss-reactive ketones (excluding diaryl/α,β-unsaturated/α-hetero) is 2. The summed E-state index contributed by atoms with van der Waals surface area (Å²) in [7, 11) is 0. The van der Waals surface area contributed by atoms with Crippen LogP contribution in [-0.4, -0.2) is 37.4 Å². The van der Waals surface area contributed by atoms with Crippen LogP contribution in [0.5, 0.6) is 0 Å². The number of ether oxygens (including phenoxy) is 2. The van der Waals surface area contributed by atoms with E-state index in [2.05, 4.69) is 4.74 Å². The van der Waals surface area contributed by atoms with Crippen molar-refractivity contribution in [3.63, 3.8) is 0 Å². The predicted molar refractivity (Wildman–Crippen MR) is 50.2 cm³/mol. The summed E-state index contributed by atoms with van der Waals surface area (Å²) in [5, 5.41) is 0. The van der Waals surface area contributed by atoms with E-state index in [0.717, 1.165) is 0 Å². The van der Waals surface area contributed by atoms with Gasteiger partial charge in [0.25, 0.3) is 0 Å². The molecule has 15 heavy (non-hydrogen) atoms. The van der Waals surface area contributed by atoms with Crippen molar-refractivity contribution < 1.29 is 23.9 Å². The van der Waals surface area contributed by atoms with Crippen LogP contribution < -0.4 is 0 Å². The first-order valence-electron chi connectivity index (χ1n) is 4.95. The van der Waals surface area contributed by atoms with Gasteiger partial charge < -0.3 is 9.47 Å². The molecule has 5 nitrogen and oxygen atoms in total. The summed E-state index contributed by atoms with van der Waals surface area (Å²) in [4.78, 5) is 33.6. The summed E-state index contributed by atoms with van der Waals surface area (Å²) in [6, 6.07) is 0. The minimum absolute atomic E-state index is 0.144. The first-order valence-corrected chi connectivity index (χ1v) is 4.95. The molecule has 0 spiro atoms. The van der Waals surface area contributed by atoms with Gasteiger partial charge in [-0.2, -0.15) is 0 Å². The molecule has 1 aliphatic heterocycles. The molecule has 1 aliphatic rings. The standard InChI is InChI=1S/C10H14O5/c1-2-15-10(13)9(12)5-8(11)7-3-4-14-6-7/h7H,2-6H2,1H3. The number of carbonyl (C=O) groups excluding carboxylic acids is 3. The highest BCUT2D eigenvalue weighted by Gasteiger charge is 2.27. The zero-order valence-corrected chi connectivity index (χ0v) is 8.65. The Hall–Kier alpha value is -1.23. The fraction of sp³-hybridized carbons (Fsp3) is 0.700. The number of hydrogen-bond donors (Lipinski definition) is 0. The Labute approximate surface area is 87.7 Å². The van der Waals surface area contributed by atoms with Crippen LogP contribution in [0.2, 0.25) is 0 Å². The number of carbonyl (C=O) groups is 3. The second-order valence-corrected chi connectivity index (χ2v) is 3.35. The Balaban J connectivity index is 2.36. The van der Waals surface area contributed by atoms with E-state index in [0.29, 0.717) is 19.6 Å². The molecule has 1 saturated heterocycles. The third-order valence-electron chi connectivity index (χ3n) is 2.22. The number of rotatable bonds is 5. The molecule has 0 bridgehead atoms. The summed E-state index contributed by atoms with van der Waals surface area (Å²) in [5.74, 6) is -2.16.